The summed E-state index contributed by atoms with van der Waals surface area (Å²) in [6.07, 6.45) is 0.539. The van der Waals surface area contributed by atoms with Gasteiger partial charge in [0, 0.05) is 36.0 Å². The molecule has 6 nitrogen and oxygen atoms in total. The second-order valence-electron chi connectivity index (χ2n) is 5.21. The molecule has 23 heavy (non-hydrogen) atoms. The van der Waals surface area contributed by atoms with Gasteiger partial charge in [-0.3, -0.25) is 4.99 Å². The van der Waals surface area contributed by atoms with E-state index in [4.69, 9.17) is 0 Å². The first-order chi connectivity index (χ1) is 10.9. The summed E-state index contributed by atoms with van der Waals surface area (Å²) in [6.45, 7) is 0.572. The van der Waals surface area contributed by atoms with Crippen molar-refractivity contribution >= 4 is 37.2 Å². The molecule has 8 heteroatoms. The highest BCUT2D eigenvalue weighted by Gasteiger charge is 2.12. The van der Waals surface area contributed by atoms with Gasteiger partial charge in [0.2, 0.25) is 0 Å². The molecule has 1 heterocycles. The van der Waals surface area contributed by atoms with Crippen molar-refractivity contribution in [3.63, 3.8) is 0 Å². The van der Waals surface area contributed by atoms with E-state index in [9.17, 15) is 13.5 Å². The average molecular weight is 355 g/mol. The lowest BCUT2D eigenvalue weighted by atomic mass is 10.2. The van der Waals surface area contributed by atoms with Gasteiger partial charge >= 0.3 is 0 Å². The second-order valence-corrected chi connectivity index (χ2v) is 8.59. The molecule has 3 N–H and O–H groups in total. The van der Waals surface area contributed by atoms with E-state index >= 15 is 0 Å². The van der Waals surface area contributed by atoms with Crippen LogP contribution >= 0.6 is 11.3 Å². The molecule has 0 aliphatic carbocycles. The van der Waals surface area contributed by atoms with Crippen LogP contribution in [0.25, 0.3) is 10.1 Å². The minimum atomic E-state index is -3.01. The second kappa shape index (κ2) is 7.76. The SMILES string of the molecule is CN=C(NCCS(C)(=O)=O)NCC(O)c1cc2ccccc2s1. The van der Waals surface area contributed by atoms with Crippen LogP contribution in [0.5, 0.6) is 0 Å². The molecule has 0 aliphatic heterocycles. The monoisotopic (exact) mass is 355 g/mol. The standard InChI is InChI=1S/C15H21N3O3S2/c1-16-15(17-7-8-23(2,20)21)18-10-12(19)14-9-11-5-3-4-6-13(11)22-14/h3-6,9,12,19H,7-8,10H2,1-2H3,(H2,16,17,18). The largest absolute Gasteiger partial charge is 0.386 e. The number of hydrogen-bond acceptors (Lipinski definition) is 5. The maximum Gasteiger partial charge on any atom is 0.191 e. The number of benzene rings is 1. The van der Waals surface area contributed by atoms with E-state index < -0.39 is 15.9 Å². The third kappa shape index (κ3) is 5.49. The van der Waals surface area contributed by atoms with Crippen LogP contribution < -0.4 is 10.6 Å². The number of nitrogens with one attached hydrogen (secondary N) is 2. The third-order valence-corrected chi connectivity index (χ3v) is 5.39. The highest BCUT2D eigenvalue weighted by molar-refractivity contribution is 7.90. The Kier molecular flexibility index (Phi) is 5.97. The van der Waals surface area contributed by atoms with Gasteiger partial charge < -0.3 is 15.7 Å². The molecule has 0 aliphatic rings. The number of rotatable bonds is 6. The van der Waals surface area contributed by atoms with Gasteiger partial charge in [-0.1, -0.05) is 18.2 Å². The molecule has 2 rings (SSSR count). The fourth-order valence-corrected chi connectivity index (χ4v) is 3.56. The summed E-state index contributed by atoms with van der Waals surface area (Å²) in [5, 5.41) is 17.3. The van der Waals surface area contributed by atoms with Crippen LogP contribution in [0.1, 0.15) is 11.0 Å². The summed E-state index contributed by atoms with van der Waals surface area (Å²) in [6, 6.07) is 9.96. The van der Waals surface area contributed by atoms with Crippen molar-refractivity contribution in [2.24, 2.45) is 4.99 Å². The van der Waals surface area contributed by atoms with Gasteiger partial charge in [-0.15, -0.1) is 11.3 Å². The number of fused-ring (bicyclic) bond motifs is 1. The van der Waals surface area contributed by atoms with E-state index in [0.717, 1.165) is 15.0 Å². The molecule has 0 saturated heterocycles. The van der Waals surface area contributed by atoms with Crippen LogP contribution in [0.2, 0.25) is 0 Å². The number of sulfone groups is 1. The number of aliphatic hydroxyl groups is 1. The van der Waals surface area contributed by atoms with Gasteiger partial charge in [0.05, 0.1) is 5.75 Å². The Labute approximate surface area is 140 Å². The van der Waals surface area contributed by atoms with Crippen LogP contribution in [-0.4, -0.2) is 51.6 Å². The van der Waals surface area contributed by atoms with Crippen molar-refractivity contribution in [2.75, 3.05) is 32.1 Å². The van der Waals surface area contributed by atoms with Gasteiger partial charge in [0.25, 0.3) is 0 Å². The lowest BCUT2D eigenvalue weighted by molar-refractivity contribution is 0.184. The summed E-state index contributed by atoms with van der Waals surface area (Å²) < 4.78 is 23.3. The zero-order valence-corrected chi connectivity index (χ0v) is 14.7. The zero-order chi connectivity index (χ0) is 16.9. The minimum Gasteiger partial charge on any atom is -0.386 e. The first-order valence-electron chi connectivity index (χ1n) is 7.18. The van der Waals surface area contributed by atoms with Gasteiger partial charge in [0.1, 0.15) is 15.9 Å². The number of thiophene rings is 1. The van der Waals surface area contributed by atoms with E-state index in [0.29, 0.717) is 12.5 Å². The number of nitrogens with zero attached hydrogens (tertiary/aromatic N) is 1. The lowest BCUT2D eigenvalue weighted by Gasteiger charge is -2.14. The first kappa shape index (κ1) is 17.7. The molecule has 0 bridgehead atoms. The molecule has 126 valence electrons. The number of aliphatic hydroxyl groups excluding tert-OH is 1. The summed E-state index contributed by atoms with van der Waals surface area (Å²) in [4.78, 5) is 4.89. The predicted octanol–water partition coefficient (Wildman–Crippen LogP) is 1.14. The Hall–Kier alpha value is -1.64. The smallest absolute Gasteiger partial charge is 0.191 e. The Morgan fingerprint density at radius 1 is 1.35 bits per heavy atom. The zero-order valence-electron chi connectivity index (χ0n) is 13.1. The molecule has 0 saturated carbocycles. The molecule has 1 aromatic heterocycles. The summed E-state index contributed by atoms with van der Waals surface area (Å²) >= 11 is 1.56. The predicted molar refractivity (Wildman–Crippen MR) is 95.9 cm³/mol. The van der Waals surface area contributed by atoms with E-state index in [1.807, 2.05) is 30.3 Å². The molecule has 0 fully saturated rings. The van der Waals surface area contributed by atoms with Gasteiger partial charge in [-0.2, -0.15) is 0 Å². The molecule has 1 unspecified atom stereocenters. The molecular weight excluding hydrogens is 334 g/mol. The van der Waals surface area contributed by atoms with Crippen molar-refractivity contribution in [2.45, 2.75) is 6.10 Å². The van der Waals surface area contributed by atoms with Crippen LogP contribution in [0.15, 0.2) is 35.3 Å². The maximum atomic E-state index is 11.1. The Balaban J connectivity index is 1.88. The maximum absolute atomic E-state index is 11.1. The molecule has 0 amide bonds. The van der Waals surface area contributed by atoms with E-state index in [1.165, 1.54) is 6.26 Å². The van der Waals surface area contributed by atoms with E-state index in [1.54, 1.807) is 18.4 Å². The molecule has 2 aromatic rings. The quantitative estimate of drug-likeness (QED) is 0.534. The lowest BCUT2D eigenvalue weighted by Crippen LogP contribution is -2.41. The number of hydrogen-bond donors (Lipinski definition) is 3. The van der Waals surface area contributed by atoms with Crippen LogP contribution in [0, 0.1) is 0 Å². The third-order valence-electron chi connectivity index (χ3n) is 3.22. The Morgan fingerprint density at radius 2 is 2.09 bits per heavy atom. The summed E-state index contributed by atoms with van der Waals surface area (Å²) in [5.41, 5.74) is 0. The van der Waals surface area contributed by atoms with Crippen molar-refractivity contribution < 1.29 is 13.5 Å². The highest BCUT2D eigenvalue weighted by Crippen LogP contribution is 2.29. The van der Waals surface area contributed by atoms with Crippen molar-refractivity contribution in [1.82, 2.24) is 10.6 Å². The van der Waals surface area contributed by atoms with E-state index in [-0.39, 0.29) is 12.3 Å². The van der Waals surface area contributed by atoms with E-state index in [2.05, 4.69) is 15.6 Å². The van der Waals surface area contributed by atoms with Gasteiger partial charge in [-0.25, -0.2) is 8.42 Å². The Morgan fingerprint density at radius 3 is 2.74 bits per heavy atom. The Bertz CT molecular complexity index is 751. The number of guanidine groups is 1. The first-order valence-corrected chi connectivity index (χ1v) is 10.1. The van der Waals surface area contributed by atoms with Crippen molar-refractivity contribution in [3.05, 3.63) is 35.2 Å². The highest BCUT2D eigenvalue weighted by atomic mass is 32.2. The van der Waals surface area contributed by atoms with Crippen LogP contribution in [-0.2, 0) is 9.84 Å². The number of aliphatic imine (C=N–C) groups is 1. The minimum absolute atomic E-state index is 0.0343. The molecular formula is C15H21N3O3S2. The molecule has 0 radical (unpaired) electrons. The fourth-order valence-electron chi connectivity index (χ4n) is 2.04. The van der Waals surface area contributed by atoms with Gasteiger partial charge in [-0.05, 0) is 17.5 Å². The summed E-state index contributed by atoms with van der Waals surface area (Å²) in [5.74, 6) is 0.501. The summed E-state index contributed by atoms with van der Waals surface area (Å²) in [7, 11) is -1.41. The average Bonchev–Trinajstić information content (AvgIpc) is 2.93. The van der Waals surface area contributed by atoms with Crippen LogP contribution in [0.3, 0.4) is 0 Å². The topological polar surface area (TPSA) is 90.8 Å². The van der Waals surface area contributed by atoms with Gasteiger partial charge in [0.15, 0.2) is 5.96 Å². The van der Waals surface area contributed by atoms with Crippen LogP contribution in [0.4, 0.5) is 0 Å². The molecule has 1 atom stereocenters. The molecule has 0 spiro atoms. The normalized spacial score (nSPS) is 14.0. The van der Waals surface area contributed by atoms with Crippen molar-refractivity contribution in [3.8, 4) is 0 Å². The van der Waals surface area contributed by atoms with Crippen molar-refractivity contribution in [1.29, 1.82) is 0 Å². The molecule has 1 aromatic carbocycles. The fraction of sp³-hybridized carbons (Fsp3) is 0.400.